The third kappa shape index (κ3) is 6.17. The van der Waals surface area contributed by atoms with Gasteiger partial charge in [0.05, 0.1) is 12.0 Å². The number of anilines is 1. The van der Waals surface area contributed by atoms with Crippen LogP contribution in [0.25, 0.3) is 0 Å². The van der Waals surface area contributed by atoms with Crippen LogP contribution in [0.1, 0.15) is 46.5 Å². The van der Waals surface area contributed by atoms with Gasteiger partial charge in [-0.15, -0.1) is 0 Å². The quantitative estimate of drug-likeness (QED) is 0.602. The highest BCUT2D eigenvalue weighted by Crippen LogP contribution is 2.44. The second-order valence-corrected chi connectivity index (χ2v) is 11.4. The van der Waals surface area contributed by atoms with E-state index in [1.54, 1.807) is 4.90 Å². The van der Waals surface area contributed by atoms with Gasteiger partial charge in [0.2, 0.25) is 11.8 Å². The minimum Gasteiger partial charge on any atom is -0.462 e. The van der Waals surface area contributed by atoms with Crippen molar-refractivity contribution in [2.24, 2.45) is 10.8 Å². The zero-order valence-corrected chi connectivity index (χ0v) is 21.7. The molecule has 2 amide bonds. The number of halogens is 1. The van der Waals surface area contributed by atoms with Crippen LogP contribution in [0, 0.1) is 16.6 Å². The van der Waals surface area contributed by atoms with E-state index in [-0.39, 0.29) is 36.2 Å². The lowest BCUT2D eigenvalue weighted by atomic mass is 9.75. The molecule has 3 heterocycles. The first-order chi connectivity index (χ1) is 17.1. The van der Waals surface area contributed by atoms with E-state index in [0.29, 0.717) is 32.4 Å². The molecular formula is C27H39FN4O4. The summed E-state index contributed by atoms with van der Waals surface area (Å²) in [6.07, 6.45) is 2.66. The number of likely N-dealkylation sites (tertiary alicyclic amines) is 1. The van der Waals surface area contributed by atoms with Crippen molar-refractivity contribution in [3.8, 4) is 0 Å². The second kappa shape index (κ2) is 10.7. The Hall–Kier alpha value is -2.68. The Morgan fingerprint density at radius 2 is 1.69 bits per heavy atom. The lowest BCUT2D eigenvalue weighted by Gasteiger charge is -2.37. The molecule has 1 unspecified atom stereocenters. The van der Waals surface area contributed by atoms with Crippen LogP contribution >= 0.6 is 0 Å². The van der Waals surface area contributed by atoms with Crippen molar-refractivity contribution in [3.05, 3.63) is 30.1 Å². The molecule has 3 saturated heterocycles. The molecule has 3 aliphatic rings. The van der Waals surface area contributed by atoms with Crippen LogP contribution < -0.4 is 10.2 Å². The van der Waals surface area contributed by atoms with Gasteiger partial charge in [-0.3, -0.25) is 19.3 Å². The highest BCUT2D eigenvalue weighted by molar-refractivity contribution is 5.87. The van der Waals surface area contributed by atoms with Crippen LogP contribution in [0.5, 0.6) is 0 Å². The molecule has 0 saturated carbocycles. The molecule has 0 aromatic heterocycles. The molecule has 8 nitrogen and oxygen atoms in total. The van der Waals surface area contributed by atoms with E-state index in [1.165, 1.54) is 12.1 Å². The van der Waals surface area contributed by atoms with Gasteiger partial charge >= 0.3 is 5.97 Å². The zero-order valence-electron chi connectivity index (χ0n) is 21.7. The van der Waals surface area contributed by atoms with Crippen molar-refractivity contribution < 1.29 is 23.5 Å². The fourth-order valence-corrected chi connectivity index (χ4v) is 5.33. The van der Waals surface area contributed by atoms with Crippen LogP contribution in [0.15, 0.2) is 24.3 Å². The maximum atomic E-state index is 13.2. The lowest BCUT2D eigenvalue weighted by molar-refractivity contribution is -0.152. The number of nitrogens with one attached hydrogen (secondary N) is 1. The van der Waals surface area contributed by atoms with Gasteiger partial charge in [-0.2, -0.15) is 0 Å². The molecule has 198 valence electrons. The molecule has 0 aliphatic carbocycles. The largest absolute Gasteiger partial charge is 0.462 e. The van der Waals surface area contributed by atoms with Gasteiger partial charge in [-0.1, -0.05) is 20.8 Å². The predicted molar refractivity (Wildman–Crippen MR) is 135 cm³/mol. The lowest BCUT2D eigenvalue weighted by Crippen LogP contribution is -2.49. The number of hydrogen-bond acceptors (Lipinski definition) is 6. The third-order valence-electron chi connectivity index (χ3n) is 7.81. The van der Waals surface area contributed by atoms with E-state index in [9.17, 15) is 18.8 Å². The Balaban J connectivity index is 1.18. The second-order valence-electron chi connectivity index (χ2n) is 11.4. The molecule has 0 bridgehead atoms. The van der Waals surface area contributed by atoms with Crippen molar-refractivity contribution >= 4 is 23.5 Å². The number of carbonyl (C=O) groups is 3. The number of benzene rings is 1. The Morgan fingerprint density at radius 1 is 1.06 bits per heavy atom. The maximum Gasteiger partial charge on any atom is 0.312 e. The number of piperazine rings is 1. The molecule has 3 aliphatic heterocycles. The summed E-state index contributed by atoms with van der Waals surface area (Å²) in [5.41, 5.74) is 0.0201. The van der Waals surface area contributed by atoms with Crippen LogP contribution in [0.3, 0.4) is 0 Å². The average molecular weight is 503 g/mol. The van der Waals surface area contributed by atoms with E-state index in [4.69, 9.17) is 4.74 Å². The summed E-state index contributed by atoms with van der Waals surface area (Å²) >= 11 is 0. The highest BCUT2D eigenvalue weighted by atomic mass is 19.1. The number of hydrogen-bond donors (Lipinski definition) is 1. The van der Waals surface area contributed by atoms with Crippen LogP contribution in [0.2, 0.25) is 0 Å². The van der Waals surface area contributed by atoms with Gasteiger partial charge in [0.1, 0.15) is 11.9 Å². The van der Waals surface area contributed by atoms with Gasteiger partial charge in [0.25, 0.3) is 0 Å². The van der Waals surface area contributed by atoms with Gasteiger partial charge < -0.3 is 19.9 Å². The highest BCUT2D eigenvalue weighted by Gasteiger charge is 2.50. The Labute approximate surface area is 213 Å². The van der Waals surface area contributed by atoms with Crippen molar-refractivity contribution in [1.29, 1.82) is 0 Å². The molecule has 1 spiro atoms. The van der Waals surface area contributed by atoms with Gasteiger partial charge in [-0.05, 0) is 43.5 Å². The van der Waals surface area contributed by atoms with Gasteiger partial charge in [0.15, 0.2) is 0 Å². The van der Waals surface area contributed by atoms with Crippen molar-refractivity contribution in [1.82, 2.24) is 15.1 Å². The van der Waals surface area contributed by atoms with Crippen molar-refractivity contribution in [2.75, 3.05) is 57.3 Å². The summed E-state index contributed by atoms with van der Waals surface area (Å²) in [5, 5.41) is 2.71. The number of rotatable bonds is 6. The Morgan fingerprint density at radius 3 is 2.31 bits per heavy atom. The van der Waals surface area contributed by atoms with Gasteiger partial charge in [0, 0.05) is 63.3 Å². The molecule has 9 heteroatoms. The molecule has 4 rings (SSSR count). The fraction of sp³-hybridized carbons (Fsp3) is 0.667. The Kier molecular flexibility index (Phi) is 7.87. The summed E-state index contributed by atoms with van der Waals surface area (Å²) in [6, 6.07) is 6.64. The molecule has 36 heavy (non-hydrogen) atoms. The minimum atomic E-state index is -0.537. The fourth-order valence-electron chi connectivity index (χ4n) is 5.33. The molecule has 0 radical (unpaired) electrons. The topological polar surface area (TPSA) is 82.2 Å². The van der Waals surface area contributed by atoms with Crippen LogP contribution in [0.4, 0.5) is 10.1 Å². The van der Waals surface area contributed by atoms with E-state index < -0.39 is 10.8 Å². The normalized spacial score (nSPS) is 22.6. The van der Waals surface area contributed by atoms with E-state index in [2.05, 4.69) is 15.1 Å². The molecule has 1 N–H and O–H groups in total. The minimum absolute atomic E-state index is 0.00933. The van der Waals surface area contributed by atoms with E-state index >= 15 is 0 Å². The number of piperidine rings is 1. The van der Waals surface area contributed by atoms with E-state index in [0.717, 1.165) is 44.8 Å². The summed E-state index contributed by atoms with van der Waals surface area (Å²) in [4.78, 5) is 43.8. The average Bonchev–Trinajstić information content (AvgIpc) is 3.16. The monoisotopic (exact) mass is 502 g/mol. The molecular weight excluding hydrogens is 463 g/mol. The summed E-state index contributed by atoms with van der Waals surface area (Å²) in [7, 11) is 0. The number of amides is 2. The number of esters is 1. The van der Waals surface area contributed by atoms with Gasteiger partial charge in [-0.25, -0.2) is 4.39 Å². The Bertz CT molecular complexity index is 946. The third-order valence-corrected chi connectivity index (χ3v) is 7.81. The number of nitrogens with zero attached hydrogens (tertiary/aromatic N) is 3. The summed E-state index contributed by atoms with van der Waals surface area (Å²) < 4.78 is 19.0. The zero-order chi connectivity index (χ0) is 25.9. The van der Waals surface area contributed by atoms with Crippen LogP contribution in [-0.4, -0.2) is 86.0 Å². The molecule has 1 aromatic rings. The maximum absolute atomic E-state index is 13.2. The first kappa shape index (κ1) is 26.4. The number of carbonyl (C=O) groups excluding carboxylic acids is 3. The van der Waals surface area contributed by atoms with Crippen LogP contribution in [-0.2, 0) is 19.1 Å². The molecule has 1 aromatic carbocycles. The SMILES string of the molecule is CC(C)(C)C(=O)NCC(=O)N1CCC2(CC1)CC(CCN1CCN(c3ccc(F)cc3)CC1)OC2=O. The predicted octanol–water partition coefficient (Wildman–Crippen LogP) is 2.42. The first-order valence-corrected chi connectivity index (χ1v) is 13.1. The van der Waals surface area contributed by atoms with Crippen molar-refractivity contribution in [3.63, 3.8) is 0 Å². The smallest absolute Gasteiger partial charge is 0.312 e. The standard InChI is InChI=1S/C27H39FN4O4/c1-26(2,3)24(34)29-19-23(33)32-12-9-27(10-13-32)18-22(36-25(27)35)8-11-30-14-16-31(17-15-30)21-6-4-20(28)5-7-21/h4-7,22H,8-19H2,1-3H3,(H,29,34). The summed E-state index contributed by atoms with van der Waals surface area (Å²) in [5.74, 6) is -0.599. The number of ether oxygens (including phenoxy) is 1. The first-order valence-electron chi connectivity index (χ1n) is 13.1. The van der Waals surface area contributed by atoms with Crippen molar-refractivity contribution in [2.45, 2.75) is 52.6 Å². The number of cyclic esters (lactones) is 1. The molecule has 1 atom stereocenters. The van der Waals surface area contributed by atoms with E-state index in [1.807, 2.05) is 32.9 Å². The summed E-state index contributed by atoms with van der Waals surface area (Å²) in [6.45, 7) is 11.0. The molecule has 3 fully saturated rings.